The standard InChI is InChI=1S/C19H21NO4/c1-23-18(21)16(13-14-9-5-3-6-10-14)20-17(19(22)24-2)15-11-7-4-8-12-15/h3-12,16-17,20H,13H2,1-2H3/t16-,17?/m0/s1. The second kappa shape index (κ2) is 8.84. The zero-order valence-electron chi connectivity index (χ0n) is 13.8. The Bertz CT molecular complexity index is 658. The van der Waals surface area contributed by atoms with E-state index in [1.54, 1.807) is 0 Å². The fourth-order valence-corrected chi connectivity index (χ4v) is 2.47. The van der Waals surface area contributed by atoms with Gasteiger partial charge in [-0.05, 0) is 17.5 Å². The molecule has 2 atom stereocenters. The van der Waals surface area contributed by atoms with Gasteiger partial charge in [0.15, 0.2) is 0 Å². The normalized spacial score (nSPS) is 12.9. The maximum absolute atomic E-state index is 12.2. The Kier molecular flexibility index (Phi) is 6.51. The first kappa shape index (κ1) is 17.7. The molecule has 1 N–H and O–H groups in total. The lowest BCUT2D eigenvalue weighted by Crippen LogP contribution is -2.44. The van der Waals surface area contributed by atoms with Gasteiger partial charge in [0.1, 0.15) is 12.1 Å². The topological polar surface area (TPSA) is 64.6 Å². The highest BCUT2D eigenvalue weighted by Gasteiger charge is 2.29. The minimum absolute atomic E-state index is 0.411. The van der Waals surface area contributed by atoms with Crippen LogP contribution in [0.2, 0.25) is 0 Å². The molecule has 0 saturated heterocycles. The molecule has 2 rings (SSSR count). The summed E-state index contributed by atoms with van der Waals surface area (Å²) < 4.78 is 9.76. The highest BCUT2D eigenvalue weighted by molar-refractivity contribution is 5.80. The van der Waals surface area contributed by atoms with Gasteiger partial charge in [0.05, 0.1) is 14.2 Å². The average molecular weight is 327 g/mol. The van der Waals surface area contributed by atoms with E-state index in [0.717, 1.165) is 11.1 Å². The third kappa shape index (κ3) is 4.67. The van der Waals surface area contributed by atoms with Crippen molar-refractivity contribution in [1.82, 2.24) is 5.32 Å². The van der Waals surface area contributed by atoms with Crippen molar-refractivity contribution in [3.05, 3.63) is 71.8 Å². The number of carbonyl (C=O) groups excluding carboxylic acids is 2. The summed E-state index contributed by atoms with van der Waals surface area (Å²) in [4.78, 5) is 24.3. The van der Waals surface area contributed by atoms with Gasteiger partial charge in [0, 0.05) is 0 Å². The Morgan fingerprint density at radius 2 is 1.42 bits per heavy atom. The van der Waals surface area contributed by atoms with E-state index >= 15 is 0 Å². The van der Waals surface area contributed by atoms with Crippen LogP contribution in [-0.2, 0) is 25.5 Å². The number of benzene rings is 2. The van der Waals surface area contributed by atoms with Crippen LogP contribution in [0.5, 0.6) is 0 Å². The zero-order valence-corrected chi connectivity index (χ0v) is 13.8. The van der Waals surface area contributed by atoms with Gasteiger partial charge < -0.3 is 9.47 Å². The SMILES string of the molecule is COC(=O)C(N[C@@H](Cc1ccccc1)C(=O)OC)c1ccccc1. The van der Waals surface area contributed by atoms with E-state index in [9.17, 15) is 9.59 Å². The summed E-state index contributed by atoms with van der Waals surface area (Å²) in [5, 5.41) is 3.07. The molecule has 2 aromatic rings. The van der Waals surface area contributed by atoms with Crippen LogP contribution < -0.4 is 5.32 Å². The monoisotopic (exact) mass is 327 g/mol. The second-order valence-electron chi connectivity index (χ2n) is 5.30. The van der Waals surface area contributed by atoms with E-state index < -0.39 is 24.0 Å². The molecule has 0 amide bonds. The van der Waals surface area contributed by atoms with Crippen LogP contribution >= 0.6 is 0 Å². The fourth-order valence-electron chi connectivity index (χ4n) is 2.47. The largest absolute Gasteiger partial charge is 0.468 e. The van der Waals surface area contributed by atoms with E-state index in [1.165, 1.54) is 14.2 Å². The minimum Gasteiger partial charge on any atom is -0.468 e. The zero-order chi connectivity index (χ0) is 17.4. The molecular formula is C19H21NO4. The summed E-state index contributed by atoms with van der Waals surface area (Å²) in [5.74, 6) is -0.883. The van der Waals surface area contributed by atoms with E-state index in [1.807, 2.05) is 60.7 Å². The lowest BCUT2D eigenvalue weighted by molar-refractivity contribution is -0.146. The van der Waals surface area contributed by atoms with Gasteiger partial charge in [-0.3, -0.25) is 10.1 Å². The Morgan fingerprint density at radius 1 is 0.875 bits per heavy atom. The van der Waals surface area contributed by atoms with E-state index in [0.29, 0.717) is 6.42 Å². The summed E-state index contributed by atoms with van der Waals surface area (Å²) in [7, 11) is 2.65. The summed E-state index contributed by atoms with van der Waals surface area (Å²) in [6.45, 7) is 0. The number of ether oxygens (including phenoxy) is 2. The third-order valence-electron chi connectivity index (χ3n) is 3.71. The van der Waals surface area contributed by atoms with Crippen LogP contribution in [0.15, 0.2) is 60.7 Å². The molecule has 0 saturated carbocycles. The van der Waals surface area contributed by atoms with Gasteiger partial charge in [-0.15, -0.1) is 0 Å². The van der Waals surface area contributed by atoms with Crippen molar-refractivity contribution < 1.29 is 19.1 Å². The van der Waals surface area contributed by atoms with Crippen molar-refractivity contribution in [2.24, 2.45) is 0 Å². The Labute approximate surface area is 141 Å². The Balaban J connectivity index is 2.24. The predicted octanol–water partition coefficient (Wildman–Crippen LogP) is 2.27. The smallest absolute Gasteiger partial charge is 0.327 e. The number of rotatable bonds is 7. The number of hydrogen-bond donors (Lipinski definition) is 1. The van der Waals surface area contributed by atoms with Crippen molar-refractivity contribution in [2.45, 2.75) is 18.5 Å². The van der Waals surface area contributed by atoms with Crippen LogP contribution in [0.25, 0.3) is 0 Å². The van der Waals surface area contributed by atoms with Crippen LogP contribution in [0.1, 0.15) is 17.2 Å². The highest BCUT2D eigenvalue weighted by atomic mass is 16.5. The van der Waals surface area contributed by atoms with Crippen molar-refractivity contribution in [2.75, 3.05) is 14.2 Å². The minimum atomic E-state index is -0.746. The molecule has 126 valence electrons. The molecule has 2 aromatic carbocycles. The Morgan fingerprint density at radius 3 is 1.96 bits per heavy atom. The first-order chi connectivity index (χ1) is 11.7. The summed E-state index contributed by atoms with van der Waals surface area (Å²) in [6, 6.07) is 17.3. The lowest BCUT2D eigenvalue weighted by atomic mass is 10.0. The van der Waals surface area contributed by atoms with Gasteiger partial charge in [-0.2, -0.15) is 0 Å². The molecule has 24 heavy (non-hydrogen) atoms. The van der Waals surface area contributed by atoms with Crippen molar-refractivity contribution >= 4 is 11.9 Å². The Hall–Kier alpha value is -2.66. The number of nitrogens with one attached hydrogen (secondary N) is 1. The van der Waals surface area contributed by atoms with E-state index in [-0.39, 0.29) is 0 Å². The molecule has 0 spiro atoms. The van der Waals surface area contributed by atoms with Gasteiger partial charge in [0.2, 0.25) is 0 Å². The second-order valence-corrected chi connectivity index (χ2v) is 5.30. The molecule has 5 nitrogen and oxygen atoms in total. The van der Waals surface area contributed by atoms with Gasteiger partial charge in [-0.1, -0.05) is 60.7 Å². The molecule has 0 radical (unpaired) electrons. The first-order valence-electron chi connectivity index (χ1n) is 7.66. The first-order valence-corrected chi connectivity index (χ1v) is 7.66. The average Bonchev–Trinajstić information content (AvgIpc) is 2.65. The predicted molar refractivity (Wildman–Crippen MR) is 90.3 cm³/mol. The van der Waals surface area contributed by atoms with Crippen LogP contribution in [-0.4, -0.2) is 32.2 Å². The molecular weight excluding hydrogens is 306 g/mol. The molecule has 0 heterocycles. The maximum Gasteiger partial charge on any atom is 0.327 e. The van der Waals surface area contributed by atoms with Crippen LogP contribution in [0.3, 0.4) is 0 Å². The lowest BCUT2D eigenvalue weighted by Gasteiger charge is -2.23. The van der Waals surface area contributed by atoms with Gasteiger partial charge in [0.25, 0.3) is 0 Å². The highest BCUT2D eigenvalue weighted by Crippen LogP contribution is 2.17. The van der Waals surface area contributed by atoms with Crippen LogP contribution in [0, 0.1) is 0 Å². The molecule has 0 aliphatic carbocycles. The fraction of sp³-hybridized carbons (Fsp3) is 0.263. The molecule has 0 fully saturated rings. The number of hydrogen-bond acceptors (Lipinski definition) is 5. The molecule has 5 heteroatoms. The van der Waals surface area contributed by atoms with E-state index in [2.05, 4.69) is 5.32 Å². The summed E-state index contributed by atoms with van der Waals surface area (Å²) in [6.07, 6.45) is 0.411. The molecule has 0 aliphatic rings. The number of methoxy groups -OCH3 is 2. The van der Waals surface area contributed by atoms with Gasteiger partial charge in [-0.25, -0.2) is 4.79 Å². The van der Waals surface area contributed by atoms with Crippen molar-refractivity contribution in [3.8, 4) is 0 Å². The summed E-state index contributed by atoms with van der Waals surface area (Å²) >= 11 is 0. The van der Waals surface area contributed by atoms with Gasteiger partial charge >= 0.3 is 11.9 Å². The van der Waals surface area contributed by atoms with Crippen LogP contribution in [0.4, 0.5) is 0 Å². The molecule has 0 aliphatic heterocycles. The number of carbonyl (C=O) groups is 2. The third-order valence-corrected chi connectivity index (χ3v) is 3.71. The van der Waals surface area contributed by atoms with Crippen molar-refractivity contribution in [3.63, 3.8) is 0 Å². The van der Waals surface area contributed by atoms with Crippen molar-refractivity contribution in [1.29, 1.82) is 0 Å². The summed E-state index contributed by atoms with van der Waals surface area (Å²) in [5.41, 5.74) is 1.70. The quantitative estimate of drug-likeness (QED) is 0.791. The maximum atomic E-state index is 12.2. The molecule has 1 unspecified atom stereocenters. The molecule has 0 bridgehead atoms. The number of esters is 2. The molecule has 0 aromatic heterocycles. The van der Waals surface area contributed by atoms with E-state index in [4.69, 9.17) is 9.47 Å².